The van der Waals surface area contributed by atoms with Gasteiger partial charge in [-0.05, 0) is 29.5 Å². The van der Waals surface area contributed by atoms with Crippen LogP contribution in [0.5, 0.6) is 5.75 Å². The van der Waals surface area contributed by atoms with Crippen LogP contribution in [0, 0.1) is 0 Å². The van der Waals surface area contributed by atoms with E-state index in [-0.39, 0.29) is 0 Å². The topological polar surface area (TPSA) is 36.0 Å². The van der Waals surface area contributed by atoms with Crippen LogP contribution in [0.4, 0.5) is 0 Å². The van der Waals surface area contributed by atoms with Gasteiger partial charge in [0.25, 0.3) is 0 Å². The number of benzene rings is 1. The van der Waals surface area contributed by atoms with E-state index in [2.05, 4.69) is 24.9 Å². The molecule has 0 spiro atoms. The Hall–Kier alpha value is -1.09. The molecular formula is C12H15NOS. The number of rotatable bonds is 3. The first kappa shape index (κ1) is 10.4. The van der Waals surface area contributed by atoms with E-state index in [0.29, 0.717) is 11.0 Å². The van der Waals surface area contributed by atoms with E-state index in [9.17, 15) is 5.11 Å². The molecule has 0 radical (unpaired) electrons. The third-order valence-corrected chi connectivity index (χ3v) is 3.38. The van der Waals surface area contributed by atoms with Crippen LogP contribution in [0.25, 0.3) is 10.9 Å². The molecule has 80 valence electrons. The Bertz CT molecular complexity index is 462. The number of hydrogen-bond acceptors (Lipinski definition) is 2. The van der Waals surface area contributed by atoms with Crippen molar-refractivity contribution >= 4 is 22.7 Å². The molecule has 0 atom stereocenters. The minimum atomic E-state index is 0.324. The van der Waals surface area contributed by atoms with Crippen molar-refractivity contribution in [2.75, 3.05) is 0 Å². The van der Waals surface area contributed by atoms with Gasteiger partial charge in [0.2, 0.25) is 0 Å². The number of aromatic hydroxyl groups is 1. The maximum atomic E-state index is 9.34. The van der Waals surface area contributed by atoms with Crippen molar-refractivity contribution in [3.05, 3.63) is 30.0 Å². The van der Waals surface area contributed by atoms with Crippen LogP contribution in [-0.2, 0) is 5.75 Å². The number of thioether (sulfide) groups is 1. The molecule has 2 aromatic rings. The van der Waals surface area contributed by atoms with Crippen LogP contribution in [0.3, 0.4) is 0 Å². The molecule has 0 saturated heterocycles. The number of H-pyrrole nitrogens is 1. The molecule has 1 heterocycles. The Labute approximate surface area is 93.7 Å². The van der Waals surface area contributed by atoms with Gasteiger partial charge in [0, 0.05) is 22.3 Å². The minimum Gasteiger partial charge on any atom is -0.508 e. The summed E-state index contributed by atoms with van der Waals surface area (Å²) >= 11 is 1.91. The van der Waals surface area contributed by atoms with Crippen LogP contribution >= 0.6 is 11.8 Å². The summed E-state index contributed by atoms with van der Waals surface area (Å²) < 4.78 is 0. The summed E-state index contributed by atoms with van der Waals surface area (Å²) in [5.74, 6) is 1.32. The highest BCUT2D eigenvalue weighted by molar-refractivity contribution is 7.99. The molecule has 15 heavy (non-hydrogen) atoms. The van der Waals surface area contributed by atoms with E-state index in [4.69, 9.17) is 0 Å². The van der Waals surface area contributed by atoms with E-state index in [0.717, 1.165) is 16.7 Å². The molecule has 0 bridgehead atoms. The Balaban J connectivity index is 2.23. The number of phenols is 1. The van der Waals surface area contributed by atoms with Gasteiger partial charge >= 0.3 is 0 Å². The number of phenolic OH excluding ortho intramolecular Hbond substituents is 1. The first-order chi connectivity index (χ1) is 7.15. The molecule has 0 amide bonds. The second-order valence-electron chi connectivity index (χ2n) is 3.93. The molecule has 0 unspecified atom stereocenters. The lowest BCUT2D eigenvalue weighted by Gasteiger charge is -2.01. The fourth-order valence-electron chi connectivity index (χ4n) is 1.51. The second kappa shape index (κ2) is 4.19. The van der Waals surface area contributed by atoms with Gasteiger partial charge in [-0.15, -0.1) is 0 Å². The molecule has 0 aliphatic carbocycles. The predicted octanol–water partition coefficient (Wildman–Crippen LogP) is 3.52. The molecule has 1 aromatic carbocycles. The SMILES string of the molecule is CC(C)SCc1cc2cc(O)ccc2[nH]1. The maximum absolute atomic E-state index is 9.34. The van der Waals surface area contributed by atoms with Gasteiger partial charge in [-0.25, -0.2) is 0 Å². The zero-order valence-corrected chi connectivity index (χ0v) is 9.77. The molecule has 2 N–H and O–H groups in total. The van der Waals surface area contributed by atoms with Crippen molar-refractivity contribution in [2.45, 2.75) is 24.9 Å². The summed E-state index contributed by atoms with van der Waals surface area (Å²) in [6.07, 6.45) is 0. The van der Waals surface area contributed by atoms with Crippen LogP contribution in [0.15, 0.2) is 24.3 Å². The normalized spacial score (nSPS) is 11.4. The van der Waals surface area contributed by atoms with Crippen molar-refractivity contribution in [3.63, 3.8) is 0 Å². The van der Waals surface area contributed by atoms with Crippen LogP contribution in [0.1, 0.15) is 19.5 Å². The van der Waals surface area contributed by atoms with Gasteiger partial charge in [0.05, 0.1) is 0 Å². The highest BCUT2D eigenvalue weighted by Gasteiger charge is 2.02. The predicted molar refractivity (Wildman–Crippen MR) is 66.4 cm³/mol. The Morgan fingerprint density at radius 3 is 2.87 bits per heavy atom. The highest BCUT2D eigenvalue weighted by Crippen LogP contribution is 2.23. The molecular weight excluding hydrogens is 206 g/mol. The van der Waals surface area contributed by atoms with Gasteiger partial charge < -0.3 is 10.1 Å². The standard InChI is InChI=1S/C12H15NOS/c1-8(2)15-7-10-5-9-6-11(14)3-4-12(9)13-10/h3-6,8,13-14H,7H2,1-2H3. The monoisotopic (exact) mass is 221 g/mol. The summed E-state index contributed by atoms with van der Waals surface area (Å²) in [5, 5.41) is 11.1. The Morgan fingerprint density at radius 1 is 1.33 bits per heavy atom. The van der Waals surface area contributed by atoms with Crippen LogP contribution in [0.2, 0.25) is 0 Å². The van der Waals surface area contributed by atoms with Crippen molar-refractivity contribution in [3.8, 4) is 5.75 Å². The average molecular weight is 221 g/mol. The van der Waals surface area contributed by atoms with E-state index in [1.165, 1.54) is 5.69 Å². The zero-order valence-electron chi connectivity index (χ0n) is 8.95. The molecule has 0 fully saturated rings. The van der Waals surface area contributed by atoms with Crippen molar-refractivity contribution in [1.82, 2.24) is 4.98 Å². The van der Waals surface area contributed by atoms with E-state index in [1.807, 2.05) is 17.8 Å². The maximum Gasteiger partial charge on any atom is 0.116 e. The fourth-order valence-corrected chi connectivity index (χ4v) is 2.18. The van der Waals surface area contributed by atoms with Gasteiger partial charge in [0.15, 0.2) is 0 Å². The smallest absolute Gasteiger partial charge is 0.116 e. The molecule has 1 aromatic heterocycles. The Kier molecular flexibility index (Phi) is 2.91. The molecule has 2 rings (SSSR count). The molecule has 3 heteroatoms. The van der Waals surface area contributed by atoms with Crippen LogP contribution in [-0.4, -0.2) is 15.3 Å². The first-order valence-electron chi connectivity index (χ1n) is 5.07. The summed E-state index contributed by atoms with van der Waals surface area (Å²) in [6.45, 7) is 4.39. The summed E-state index contributed by atoms with van der Waals surface area (Å²) in [4.78, 5) is 3.35. The third kappa shape index (κ3) is 2.48. The minimum absolute atomic E-state index is 0.324. The zero-order chi connectivity index (χ0) is 10.8. The molecule has 2 nitrogen and oxygen atoms in total. The number of fused-ring (bicyclic) bond motifs is 1. The van der Waals surface area contributed by atoms with E-state index < -0.39 is 0 Å². The average Bonchev–Trinajstić information content (AvgIpc) is 2.56. The third-order valence-electron chi connectivity index (χ3n) is 2.23. The fraction of sp³-hybridized carbons (Fsp3) is 0.333. The van der Waals surface area contributed by atoms with Crippen molar-refractivity contribution in [1.29, 1.82) is 0 Å². The highest BCUT2D eigenvalue weighted by atomic mass is 32.2. The van der Waals surface area contributed by atoms with Crippen molar-refractivity contribution < 1.29 is 5.11 Å². The number of aromatic nitrogens is 1. The van der Waals surface area contributed by atoms with Gasteiger partial charge in [-0.3, -0.25) is 0 Å². The molecule has 0 saturated carbocycles. The van der Waals surface area contributed by atoms with Gasteiger partial charge in [0.1, 0.15) is 5.75 Å². The lowest BCUT2D eigenvalue weighted by molar-refractivity contribution is 0.476. The van der Waals surface area contributed by atoms with E-state index in [1.54, 1.807) is 12.1 Å². The quantitative estimate of drug-likeness (QED) is 0.832. The summed E-state index contributed by atoms with van der Waals surface area (Å²) in [7, 11) is 0. The lowest BCUT2D eigenvalue weighted by atomic mass is 10.2. The van der Waals surface area contributed by atoms with Crippen molar-refractivity contribution in [2.24, 2.45) is 0 Å². The first-order valence-corrected chi connectivity index (χ1v) is 6.12. The van der Waals surface area contributed by atoms with Gasteiger partial charge in [-0.1, -0.05) is 13.8 Å². The lowest BCUT2D eigenvalue weighted by Crippen LogP contribution is -1.88. The Morgan fingerprint density at radius 2 is 2.13 bits per heavy atom. The number of hydrogen-bond donors (Lipinski definition) is 2. The molecule has 0 aliphatic heterocycles. The second-order valence-corrected chi connectivity index (χ2v) is 5.49. The number of nitrogens with one attached hydrogen (secondary N) is 1. The summed E-state index contributed by atoms with van der Waals surface area (Å²) in [6, 6.07) is 7.51. The summed E-state index contributed by atoms with van der Waals surface area (Å²) in [5.41, 5.74) is 2.31. The largest absolute Gasteiger partial charge is 0.508 e. The van der Waals surface area contributed by atoms with E-state index >= 15 is 0 Å². The number of aromatic amines is 1. The molecule has 0 aliphatic rings. The van der Waals surface area contributed by atoms with Crippen LogP contribution < -0.4 is 0 Å². The van der Waals surface area contributed by atoms with Gasteiger partial charge in [-0.2, -0.15) is 11.8 Å².